The summed E-state index contributed by atoms with van der Waals surface area (Å²) in [6.45, 7) is 2.45. The fraction of sp³-hybridized carbons (Fsp3) is 0.500. The van der Waals surface area contributed by atoms with Gasteiger partial charge in [-0.3, -0.25) is 0 Å². The Kier molecular flexibility index (Phi) is 7.07. The lowest BCUT2D eigenvalue weighted by Gasteiger charge is -2.30. The number of hydrogen-bond acceptors (Lipinski definition) is 7. The molecule has 0 aromatic carbocycles. The predicted molar refractivity (Wildman–Crippen MR) is 133 cm³/mol. The number of nitrogens with zero attached hydrogens (tertiary/aromatic N) is 6. The minimum absolute atomic E-state index is 0.0938. The molecule has 1 saturated carbocycles. The minimum atomic E-state index is -4.37. The van der Waals surface area contributed by atoms with Crippen molar-refractivity contribution in [3.8, 4) is 11.3 Å². The Morgan fingerprint density at radius 2 is 1.83 bits per heavy atom. The van der Waals surface area contributed by atoms with Crippen molar-refractivity contribution in [3.05, 3.63) is 30.2 Å². The van der Waals surface area contributed by atoms with E-state index in [1.54, 1.807) is 36.0 Å². The van der Waals surface area contributed by atoms with Crippen LogP contribution in [0.3, 0.4) is 0 Å². The number of aliphatic hydroxyl groups is 1. The summed E-state index contributed by atoms with van der Waals surface area (Å²) in [5.74, 6) is 0.835. The second-order valence-corrected chi connectivity index (χ2v) is 9.13. The molecule has 0 spiro atoms. The molecular formula is C24H31F3N8O. The molecule has 0 amide bonds. The highest BCUT2D eigenvalue weighted by Gasteiger charge is 2.30. The Hall–Kier alpha value is -3.41. The predicted octanol–water partition coefficient (Wildman–Crippen LogP) is 4.73. The maximum atomic E-state index is 12.9. The van der Waals surface area contributed by atoms with Gasteiger partial charge in [0, 0.05) is 18.8 Å². The quantitative estimate of drug-likeness (QED) is 0.368. The third-order valence-electron chi connectivity index (χ3n) is 6.60. The fourth-order valence-corrected chi connectivity index (χ4v) is 4.62. The molecule has 36 heavy (non-hydrogen) atoms. The Labute approximate surface area is 206 Å². The van der Waals surface area contributed by atoms with Crippen LogP contribution in [0.25, 0.3) is 27.9 Å². The van der Waals surface area contributed by atoms with Crippen LogP contribution in [-0.4, -0.2) is 53.1 Å². The highest BCUT2D eigenvalue weighted by Crippen LogP contribution is 2.31. The molecule has 1 aliphatic rings. The fourth-order valence-electron chi connectivity index (χ4n) is 4.62. The molecule has 0 unspecified atom stereocenters. The first kappa shape index (κ1) is 25.7. The van der Waals surface area contributed by atoms with Gasteiger partial charge in [0.05, 0.1) is 11.3 Å². The summed E-state index contributed by atoms with van der Waals surface area (Å²) in [6.07, 6.45) is 4.09. The van der Waals surface area contributed by atoms with E-state index in [-0.39, 0.29) is 23.0 Å². The zero-order chi connectivity index (χ0) is 26.1. The topological polar surface area (TPSA) is 119 Å². The average Bonchev–Trinajstić information content (AvgIpc) is 3.39. The molecule has 0 atom stereocenters. The Morgan fingerprint density at radius 3 is 2.44 bits per heavy atom. The van der Waals surface area contributed by atoms with Crippen molar-refractivity contribution in [2.24, 2.45) is 0 Å². The summed E-state index contributed by atoms with van der Waals surface area (Å²) in [5.41, 5.74) is 7.75. The average molecular weight is 505 g/mol. The van der Waals surface area contributed by atoms with E-state index in [2.05, 4.69) is 32.3 Å². The minimum Gasteiger partial charge on any atom is -0.390 e. The van der Waals surface area contributed by atoms with Crippen molar-refractivity contribution < 1.29 is 18.3 Å². The van der Waals surface area contributed by atoms with E-state index in [9.17, 15) is 18.3 Å². The third kappa shape index (κ3) is 5.38. The van der Waals surface area contributed by atoms with Crippen LogP contribution in [-0.2, 0) is 6.54 Å². The Morgan fingerprint density at radius 1 is 1.11 bits per heavy atom. The number of nitrogens with one attached hydrogen (secondary N) is 1. The van der Waals surface area contributed by atoms with Crippen molar-refractivity contribution in [1.82, 2.24) is 29.1 Å². The van der Waals surface area contributed by atoms with Crippen LogP contribution in [0.15, 0.2) is 24.4 Å². The summed E-state index contributed by atoms with van der Waals surface area (Å²) in [6, 6.07) is 5.12. The normalized spacial score (nSPS) is 15.6. The van der Waals surface area contributed by atoms with Gasteiger partial charge in [0.15, 0.2) is 11.5 Å². The number of aryl methyl sites for hydroxylation is 1. The molecule has 1 fully saturated rings. The van der Waals surface area contributed by atoms with Gasteiger partial charge in [-0.2, -0.15) is 18.2 Å². The van der Waals surface area contributed by atoms with Crippen LogP contribution < -0.4 is 11.1 Å². The zero-order valence-electron chi connectivity index (χ0n) is 20.6. The maximum Gasteiger partial charge on any atom is 0.406 e. The largest absolute Gasteiger partial charge is 0.406 e. The molecule has 4 N–H and O–H groups in total. The Bertz CT molecular complexity index is 1360. The second kappa shape index (κ2) is 9.92. The van der Waals surface area contributed by atoms with E-state index in [0.717, 1.165) is 23.8 Å². The molecule has 4 aromatic rings. The zero-order valence-corrected chi connectivity index (χ0v) is 20.6. The molecule has 0 saturated heterocycles. The highest BCUT2D eigenvalue weighted by atomic mass is 19.4. The lowest BCUT2D eigenvalue weighted by atomic mass is 9.83. The van der Waals surface area contributed by atoms with Gasteiger partial charge in [-0.25, -0.2) is 14.5 Å². The number of hydrogen-bond donors (Lipinski definition) is 3. The summed E-state index contributed by atoms with van der Waals surface area (Å²) >= 11 is 0. The van der Waals surface area contributed by atoms with Gasteiger partial charge in [0.2, 0.25) is 5.95 Å². The molecule has 0 bridgehead atoms. The van der Waals surface area contributed by atoms with Crippen LogP contribution in [0.4, 0.5) is 24.9 Å². The number of imidazole rings is 1. The number of fused-ring (bicyclic) bond motifs is 2. The van der Waals surface area contributed by atoms with Crippen molar-refractivity contribution in [2.45, 2.75) is 70.7 Å². The lowest BCUT2D eigenvalue weighted by molar-refractivity contribution is -0.140. The van der Waals surface area contributed by atoms with Gasteiger partial charge in [0.25, 0.3) is 0 Å². The first-order valence-electron chi connectivity index (χ1n) is 12.0. The second-order valence-electron chi connectivity index (χ2n) is 9.13. The number of halogens is 3. The van der Waals surface area contributed by atoms with Crippen molar-refractivity contribution in [2.75, 3.05) is 18.1 Å². The molecule has 1 aliphatic carbocycles. The standard InChI is InChI=1S/C16H15F3N8.C8H16O/c1-8-22-11-4-3-10(23-14(11)26(8)7-16(17,18)19)9-5-6-27-12(9)13(21-2)24-15(20)25-27;1-2-8(9)6-4-3-5-7-8/h3-6H,7H2,1-2H3,(H3,20,21,24,25);9H,2-7H2,1H3. The number of aromatic nitrogens is 6. The van der Waals surface area contributed by atoms with E-state index >= 15 is 0 Å². The smallest absolute Gasteiger partial charge is 0.390 e. The molecule has 0 radical (unpaired) electrons. The van der Waals surface area contributed by atoms with Crippen LogP contribution >= 0.6 is 0 Å². The molecule has 4 heterocycles. The number of rotatable bonds is 4. The number of nitrogen functional groups attached to an aromatic ring is 1. The summed E-state index contributed by atoms with van der Waals surface area (Å²) < 4.78 is 41.4. The van der Waals surface area contributed by atoms with E-state index in [1.807, 2.05) is 0 Å². The van der Waals surface area contributed by atoms with E-state index in [0.29, 0.717) is 28.1 Å². The van der Waals surface area contributed by atoms with Crippen molar-refractivity contribution >= 4 is 28.4 Å². The monoisotopic (exact) mass is 504 g/mol. The number of nitrogens with two attached hydrogens (primary N) is 1. The van der Waals surface area contributed by atoms with Gasteiger partial charge in [0.1, 0.15) is 23.4 Å². The van der Waals surface area contributed by atoms with Crippen molar-refractivity contribution in [3.63, 3.8) is 0 Å². The van der Waals surface area contributed by atoms with Gasteiger partial charge < -0.3 is 20.7 Å². The Balaban J connectivity index is 0.000000286. The molecule has 5 rings (SSSR count). The van der Waals surface area contributed by atoms with E-state index < -0.39 is 12.7 Å². The van der Waals surface area contributed by atoms with Gasteiger partial charge in [-0.05, 0) is 44.4 Å². The van der Waals surface area contributed by atoms with Gasteiger partial charge in [-0.1, -0.05) is 26.2 Å². The molecule has 4 aromatic heterocycles. The van der Waals surface area contributed by atoms with Gasteiger partial charge >= 0.3 is 6.18 Å². The first-order chi connectivity index (χ1) is 17.0. The SMILES string of the molecule is CCC1(O)CCCCC1.CNc1nc(N)nn2ccc(-c3ccc4nc(C)n(CC(F)(F)F)c4n3)c12. The van der Waals surface area contributed by atoms with Gasteiger partial charge in [-0.15, -0.1) is 5.10 Å². The van der Waals surface area contributed by atoms with E-state index in [4.69, 9.17) is 5.73 Å². The highest BCUT2D eigenvalue weighted by molar-refractivity contribution is 5.89. The van der Waals surface area contributed by atoms with Crippen LogP contribution in [0, 0.1) is 6.92 Å². The number of anilines is 2. The molecule has 194 valence electrons. The third-order valence-corrected chi connectivity index (χ3v) is 6.60. The molecule has 12 heteroatoms. The lowest BCUT2D eigenvalue weighted by Crippen LogP contribution is -2.29. The summed E-state index contributed by atoms with van der Waals surface area (Å²) in [7, 11) is 1.69. The van der Waals surface area contributed by atoms with Crippen LogP contribution in [0.5, 0.6) is 0 Å². The summed E-state index contributed by atoms with van der Waals surface area (Å²) in [4.78, 5) is 12.8. The summed E-state index contributed by atoms with van der Waals surface area (Å²) in [5, 5.41) is 16.7. The first-order valence-corrected chi connectivity index (χ1v) is 12.0. The maximum absolute atomic E-state index is 12.9. The molecule has 9 nitrogen and oxygen atoms in total. The molecule has 0 aliphatic heterocycles. The van der Waals surface area contributed by atoms with Crippen LogP contribution in [0.1, 0.15) is 51.3 Å². The van der Waals surface area contributed by atoms with Crippen LogP contribution in [0.2, 0.25) is 0 Å². The number of alkyl halides is 3. The number of pyridine rings is 1. The van der Waals surface area contributed by atoms with E-state index in [1.165, 1.54) is 26.2 Å². The van der Waals surface area contributed by atoms with Crippen molar-refractivity contribution in [1.29, 1.82) is 0 Å². The molecular weight excluding hydrogens is 473 g/mol.